The van der Waals surface area contributed by atoms with Crippen LogP contribution in [0.5, 0.6) is 0 Å². The van der Waals surface area contributed by atoms with Gasteiger partial charge in [0.25, 0.3) is 0 Å². The Labute approximate surface area is 139 Å². The summed E-state index contributed by atoms with van der Waals surface area (Å²) in [6.45, 7) is 6.32. The third-order valence-corrected chi connectivity index (χ3v) is 5.85. The molecular formula is C15H20BrClN4. The molecular weight excluding hydrogens is 352 g/mol. The lowest BCUT2D eigenvalue weighted by molar-refractivity contribution is 0.178. The summed E-state index contributed by atoms with van der Waals surface area (Å²) in [6, 6.07) is 5.96. The van der Waals surface area contributed by atoms with E-state index in [0.29, 0.717) is 11.0 Å². The third-order valence-electron chi connectivity index (χ3n) is 4.63. The molecule has 0 unspecified atom stereocenters. The van der Waals surface area contributed by atoms with Gasteiger partial charge in [0.1, 0.15) is 0 Å². The van der Waals surface area contributed by atoms with Crippen LogP contribution in [0.1, 0.15) is 19.8 Å². The van der Waals surface area contributed by atoms with E-state index in [2.05, 4.69) is 37.6 Å². The lowest BCUT2D eigenvalue weighted by Gasteiger charge is -2.45. The lowest BCUT2D eigenvalue weighted by atomic mass is 9.86. The van der Waals surface area contributed by atoms with Crippen LogP contribution in [-0.2, 0) is 0 Å². The van der Waals surface area contributed by atoms with Gasteiger partial charge in [-0.1, -0.05) is 18.5 Å². The van der Waals surface area contributed by atoms with Crippen LogP contribution in [-0.4, -0.2) is 42.6 Å². The third kappa shape index (κ3) is 2.67. The molecule has 2 aliphatic heterocycles. The van der Waals surface area contributed by atoms with Crippen molar-refractivity contribution in [1.29, 1.82) is 0 Å². The molecule has 1 spiro atoms. The first-order chi connectivity index (χ1) is 10.1. The molecule has 2 heterocycles. The summed E-state index contributed by atoms with van der Waals surface area (Å²) in [7, 11) is 0. The molecule has 4 nitrogen and oxygen atoms in total. The molecule has 1 aromatic rings. The molecule has 0 atom stereocenters. The van der Waals surface area contributed by atoms with Crippen molar-refractivity contribution >= 4 is 39.2 Å². The molecule has 2 aliphatic rings. The van der Waals surface area contributed by atoms with Crippen molar-refractivity contribution in [2.75, 3.05) is 31.1 Å². The largest absolute Gasteiger partial charge is 0.369 e. The first-order valence-corrected chi connectivity index (χ1v) is 8.50. The molecule has 114 valence electrons. The summed E-state index contributed by atoms with van der Waals surface area (Å²) in [5.41, 5.74) is 7.28. The van der Waals surface area contributed by atoms with Crippen LogP contribution in [0.4, 0.5) is 5.69 Å². The number of rotatable bonds is 2. The quantitative estimate of drug-likeness (QED) is 0.869. The molecule has 1 fully saturated rings. The second-order valence-electron chi connectivity index (χ2n) is 5.77. The molecule has 0 aromatic heterocycles. The summed E-state index contributed by atoms with van der Waals surface area (Å²) in [5.74, 6) is 0.620. The van der Waals surface area contributed by atoms with E-state index in [9.17, 15) is 0 Å². The molecule has 0 radical (unpaired) electrons. The van der Waals surface area contributed by atoms with Crippen LogP contribution in [0, 0.1) is 0 Å². The van der Waals surface area contributed by atoms with E-state index in [4.69, 9.17) is 17.3 Å². The van der Waals surface area contributed by atoms with Gasteiger partial charge >= 0.3 is 0 Å². The van der Waals surface area contributed by atoms with Crippen LogP contribution >= 0.6 is 27.5 Å². The Morgan fingerprint density at radius 3 is 2.71 bits per heavy atom. The van der Waals surface area contributed by atoms with E-state index in [1.165, 1.54) is 0 Å². The minimum absolute atomic E-state index is 0.0308. The maximum Gasteiger partial charge on any atom is 0.196 e. The van der Waals surface area contributed by atoms with Crippen LogP contribution in [0.2, 0.25) is 5.02 Å². The smallest absolute Gasteiger partial charge is 0.196 e. The van der Waals surface area contributed by atoms with Gasteiger partial charge in [-0.2, -0.15) is 0 Å². The predicted octanol–water partition coefficient (Wildman–Crippen LogP) is 3.09. The number of halogens is 2. The fraction of sp³-hybridized carbons (Fsp3) is 0.533. The van der Waals surface area contributed by atoms with Gasteiger partial charge in [-0.05, 0) is 53.5 Å². The topological polar surface area (TPSA) is 44.9 Å². The molecule has 3 rings (SSSR count). The molecule has 21 heavy (non-hydrogen) atoms. The standard InChI is InChI=1S/C15H20BrClN4/c1-2-20-7-5-15(6-8-20)10-19-14(18)21(15)11-3-4-13(17)12(16)9-11/h3-4,9H,2,5-8,10H2,1H3,(H2,18,19). The number of aliphatic imine (C=N–C) groups is 1. The molecule has 1 saturated heterocycles. The van der Waals surface area contributed by atoms with Crippen molar-refractivity contribution < 1.29 is 0 Å². The average molecular weight is 372 g/mol. The maximum atomic E-state index is 6.19. The normalized spacial score (nSPS) is 21.9. The molecule has 0 saturated carbocycles. The highest BCUT2D eigenvalue weighted by Crippen LogP contribution is 2.38. The zero-order valence-electron chi connectivity index (χ0n) is 12.1. The summed E-state index contributed by atoms with van der Waals surface area (Å²) in [6.07, 6.45) is 2.18. The molecule has 0 amide bonds. The maximum absolute atomic E-state index is 6.19. The van der Waals surface area contributed by atoms with Gasteiger partial charge in [0, 0.05) is 23.2 Å². The minimum atomic E-state index is 0.0308. The van der Waals surface area contributed by atoms with E-state index in [1.807, 2.05) is 18.2 Å². The Bertz CT molecular complexity index is 567. The Morgan fingerprint density at radius 2 is 2.10 bits per heavy atom. The van der Waals surface area contributed by atoms with E-state index < -0.39 is 0 Å². The van der Waals surface area contributed by atoms with Gasteiger partial charge < -0.3 is 15.5 Å². The van der Waals surface area contributed by atoms with Gasteiger partial charge in [-0.25, -0.2) is 0 Å². The molecule has 0 bridgehead atoms. The highest BCUT2D eigenvalue weighted by molar-refractivity contribution is 9.10. The highest BCUT2D eigenvalue weighted by Gasteiger charge is 2.45. The van der Waals surface area contributed by atoms with Gasteiger partial charge in [0.15, 0.2) is 5.96 Å². The van der Waals surface area contributed by atoms with Crippen molar-refractivity contribution in [2.24, 2.45) is 10.7 Å². The number of nitrogens with zero attached hydrogens (tertiary/aromatic N) is 3. The van der Waals surface area contributed by atoms with Crippen molar-refractivity contribution in [2.45, 2.75) is 25.3 Å². The van der Waals surface area contributed by atoms with Gasteiger partial charge in [0.2, 0.25) is 0 Å². The average Bonchev–Trinajstić information content (AvgIpc) is 2.80. The zero-order chi connectivity index (χ0) is 15.0. The molecule has 2 N–H and O–H groups in total. The number of piperidine rings is 1. The minimum Gasteiger partial charge on any atom is -0.369 e. The van der Waals surface area contributed by atoms with Crippen molar-refractivity contribution in [3.8, 4) is 0 Å². The van der Waals surface area contributed by atoms with Crippen LogP contribution in [0.25, 0.3) is 0 Å². The Hall–Kier alpha value is -0.780. The number of anilines is 1. The van der Waals surface area contributed by atoms with E-state index in [-0.39, 0.29) is 5.54 Å². The highest BCUT2D eigenvalue weighted by atomic mass is 79.9. The number of hydrogen-bond donors (Lipinski definition) is 1. The monoisotopic (exact) mass is 370 g/mol. The second kappa shape index (κ2) is 5.78. The number of nitrogens with two attached hydrogens (primary N) is 1. The SMILES string of the molecule is CCN1CCC2(CC1)CN=C(N)N2c1ccc(Cl)c(Br)c1. The first kappa shape index (κ1) is 15.1. The second-order valence-corrected chi connectivity index (χ2v) is 7.03. The van der Waals surface area contributed by atoms with Crippen LogP contribution in [0.3, 0.4) is 0 Å². The summed E-state index contributed by atoms with van der Waals surface area (Å²) in [4.78, 5) is 9.22. The molecule has 1 aromatic carbocycles. The first-order valence-electron chi connectivity index (χ1n) is 7.33. The summed E-state index contributed by atoms with van der Waals surface area (Å²) in [5, 5.41) is 0.711. The Kier molecular flexibility index (Phi) is 4.17. The molecule has 0 aliphatic carbocycles. The number of guanidine groups is 1. The van der Waals surface area contributed by atoms with E-state index in [1.54, 1.807) is 0 Å². The zero-order valence-corrected chi connectivity index (χ0v) is 14.5. The lowest BCUT2D eigenvalue weighted by Crippen LogP contribution is -2.57. The Morgan fingerprint density at radius 1 is 1.38 bits per heavy atom. The molecule has 6 heteroatoms. The Balaban J connectivity index is 1.91. The van der Waals surface area contributed by atoms with Gasteiger partial charge in [0.05, 0.1) is 17.1 Å². The van der Waals surface area contributed by atoms with Crippen molar-refractivity contribution in [3.05, 3.63) is 27.7 Å². The number of hydrogen-bond acceptors (Lipinski definition) is 4. The van der Waals surface area contributed by atoms with Crippen molar-refractivity contribution in [3.63, 3.8) is 0 Å². The number of likely N-dealkylation sites (tertiary alicyclic amines) is 1. The predicted molar refractivity (Wildman–Crippen MR) is 92.2 cm³/mol. The summed E-state index contributed by atoms with van der Waals surface area (Å²) < 4.78 is 0.891. The van der Waals surface area contributed by atoms with E-state index >= 15 is 0 Å². The van der Waals surface area contributed by atoms with Crippen molar-refractivity contribution in [1.82, 2.24) is 4.90 Å². The van der Waals surface area contributed by atoms with Crippen LogP contribution in [0.15, 0.2) is 27.7 Å². The van der Waals surface area contributed by atoms with Gasteiger partial charge in [-0.3, -0.25) is 4.99 Å². The fourth-order valence-corrected chi connectivity index (χ4v) is 3.79. The van der Waals surface area contributed by atoms with Crippen LogP contribution < -0.4 is 10.6 Å². The number of benzene rings is 1. The summed E-state index contributed by atoms with van der Waals surface area (Å²) >= 11 is 9.60. The van der Waals surface area contributed by atoms with E-state index in [0.717, 1.165) is 49.2 Å². The fourth-order valence-electron chi connectivity index (χ4n) is 3.31. The van der Waals surface area contributed by atoms with Gasteiger partial charge in [-0.15, -0.1) is 0 Å².